The zero-order valence-corrected chi connectivity index (χ0v) is 10.5. The van der Waals surface area contributed by atoms with Crippen molar-refractivity contribution in [2.24, 2.45) is 0 Å². The Kier molecular flexibility index (Phi) is 3.66. The molecule has 0 aliphatic rings. The second-order valence-corrected chi connectivity index (χ2v) is 4.47. The highest BCUT2D eigenvalue weighted by atomic mass is 32.2. The molecule has 0 aliphatic carbocycles. The number of hydrogen-bond acceptors (Lipinski definition) is 4. The van der Waals surface area contributed by atoms with Crippen LogP contribution in [0.3, 0.4) is 0 Å². The Hall–Kier alpha value is -1.76. The molecule has 0 radical (unpaired) electrons. The molecule has 1 aromatic heterocycles. The molecule has 3 nitrogen and oxygen atoms in total. The van der Waals surface area contributed by atoms with Crippen molar-refractivity contribution in [2.45, 2.75) is 11.1 Å². The van der Waals surface area contributed by atoms with E-state index < -0.39 is 17.5 Å². The maximum Gasteiger partial charge on any atom is 0.416 e. The highest BCUT2D eigenvalue weighted by molar-refractivity contribution is 7.98. The maximum absolute atomic E-state index is 12.6. The predicted octanol–water partition coefficient (Wildman–Crippen LogP) is 3.65. The number of aromatic nitrogens is 1. The number of carbonyl (C=O) groups excluding carboxylic acids is 1. The van der Waals surface area contributed by atoms with E-state index in [1.54, 1.807) is 6.26 Å². The van der Waals surface area contributed by atoms with E-state index in [-0.39, 0.29) is 16.2 Å². The number of carbonyl (C=O) groups is 1. The highest BCUT2D eigenvalue weighted by Crippen LogP contribution is 2.33. The molecule has 0 fully saturated rings. The van der Waals surface area contributed by atoms with Gasteiger partial charge in [0.2, 0.25) is 5.78 Å². The predicted molar refractivity (Wildman–Crippen MR) is 63.2 cm³/mol. The maximum atomic E-state index is 12.6. The molecule has 0 bridgehead atoms. The van der Waals surface area contributed by atoms with Crippen LogP contribution in [0.2, 0.25) is 0 Å². The van der Waals surface area contributed by atoms with Gasteiger partial charge in [0.05, 0.1) is 5.56 Å². The fourth-order valence-electron chi connectivity index (χ4n) is 1.52. The van der Waals surface area contributed by atoms with E-state index in [9.17, 15) is 18.0 Å². The second-order valence-electron chi connectivity index (χ2n) is 3.63. The summed E-state index contributed by atoms with van der Waals surface area (Å²) in [7, 11) is 0. The van der Waals surface area contributed by atoms with E-state index in [0.29, 0.717) is 0 Å². The van der Waals surface area contributed by atoms with Crippen LogP contribution >= 0.6 is 11.8 Å². The van der Waals surface area contributed by atoms with E-state index in [2.05, 4.69) is 9.68 Å². The van der Waals surface area contributed by atoms with Gasteiger partial charge in [-0.25, -0.2) is 0 Å². The van der Waals surface area contributed by atoms with E-state index in [1.165, 1.54) is 12.3 Å². The quantitative estimate of drug-likeness (QED) is 0.638. The third-order valence-electron chi connectivity index (χ3n) is 2.44. The van der Waals surface area contributed by atoms with Crippen molar-refractivity contribution < 1.29 is 22.5 Å². The van der Waals surface area contributed by atoms with Crippen molar-refractivity contribution in [1.82, 2.24) is 5.16 Å². The van der Waals surface area contributed by atoms with Gasteiger partial charge >= 0.3 is 6.18 Å². The molecule has 0 amide bonds. The van der Waals surface area contributed by atoms with E-state index in [1.807, 2.05) is 0 Å². The lowest BCUT2D eigenvalue weighted by molar-refractivity contribution is -0.137. The van der Waals surface area contributed by atoms with E-state index in [4.69, 9.17) is 0 Å². The van der Waals surface area contributed by atoms with E-state index in [0.717, 1.165) is 30.0 Å². The van der Waals surface area contributed by atoms with Gasteiger partial charge < -0.3 is 4.52 Å². The van der Waals surface area contributed by atoms with Crippen molar-refractivity contribution in [3.05, 3.63) is 47.3 Å². The molecule has 1 aromatic carbocycles. The van der Waals surface area contributed by atoms with Gasteiger partial charge in [-0.2, -0.15) is 13.2 Å². The number of alkyl halides is 3. The van der Waals surface area contributed by atoms with Crippen LogP contribution in [-0.4, -0.2) is 17.2 Å². The summed E-state index contributed by atoms with van der Waals surface area (Å²) in [5, 5.41) is 3.48. The Morgan fingerprint density at radius 2 is 2.05 bits per heavy atom. The molecule has 2 rings (SSSR count). The van der Waals surface area contributed by atoms with Gasteiger partial charge in [-0.1, -0.05) is 5.16 Å². The van der Waals surface area contributed by atoms with Gasteiger partial charge in [0.1, 0.15) is 6.26 Å². The summed E-state index contributed by atoms with van der Waals surface area (Å²) in [5.41, 5.74) is -0.544. The molecule has 7 heteroatoms. The largest absolute Gasteiger partial charge is 0.416 e. The van der Waals surface area contributed by atoms with Gasteiger partial charge in [-0.3, -0.25) is 4.79 Å². The van der Waals surface area contributed by atoms with Gasteiger partial charge in [-0.05, 0) is 24.5 Å². The SMILES string of the molecule is CSc1cc(C(F)(F)F)ccc1C(=O)c1ccon1. The molecule has 0 atom stereocenters. The zero-order valence-electron chi connectivity index (χ0n) is 9.69. The van der Waals surface area contributed by atoms with Crippen LogP contribution in [0.25, 0.3) is 0 Å². The fraction of sp³-hybridized carbons (Fsp3) is 0.167. The average molecular weight is 287 g/mol. The monoisotopic (exact) mass is 287 g/mol. The molecule has 1 heterocycles. The minimum atomic E-state index is -4.43. The van der Waals surface area contributed by atoms with Crippen LogP contribution in [0.1, 0.15) is 21.6 Å². The lowest BCUT2D eigenvalue weighted by atomic mass is 10.1. The van der Waals surface area contributed by atoms with Crippen LogP contribution < -0.4 is 0 Å². The Labute approximate surface area is 110 Å². The van der Waals surface area contributed by atoms with Gasteiger partial charge in [-0.15, -0.1) is 11.8 Å². The molecule has 2 aromatic rings. The molecule has 0 spiro atoms. The second kappa shape index (κ2) is 5.08. The minimum absolute atomic E-state index is 0.0649. The Bertz CT molecular complexity index is 594. The first-order valence-electron chi connectivity index (χ1n) is 5.14. The standard InChI is InChI=1S/C12H8F3NO2S/c1-19-10-6-7(12(13,14)15)2-3-8(10)11(17)9-4-5-18-16-9/h2-6H,1H3. The lowest BCUT2D eigenvalue weighted by Gasteiger charge is -2.10. The van der Waals surface area contributed by atoms with Gasteiger partial charge in [0, 0.05) is 16.5 Å². The summed E-state index contributed by atoms with van der Waals surface area (Å²) < 4.78 is 42.3. The number of ketones is 1. The number of hydrogen-bond donors (Lipinski definition) is 0. The normalized spacial score (nSPS) is 11.6. The van der Waals surface area contributed by atoms with Crippen LogP contribution in [0, 0.1) is 0 Å². The van der Waals surface area contributed by atoms with Gasteiger partial charge in [0.15, 0.2) is 5.69 Å². The van der Waals surface area contributed by atoms with Crippen LogP contribution in [0.4, 0.5) is 13.2 Å². The Morgan fingerprint density at radius 1 is 1.32 bits per heavy atom. The van der Waals surface area contributed by atoms with Crippen molar-refractivity contribution in [2.75, 3.05) is 6.26 Å². The van der Waals surface area contributed by atoms with Gasteiger partial charge in [0.25, 0.3) is 0 Å². The highest BCUT2D eigenvalue weighted by Gasteiger charge is 2.31. The smallest absolute Gasteiger partial charge is 0.364 e. The molecule has 19 heavy (non-hydrogen) atoms. The first kappa shape index (κ1) is 13.7. The Morgan fingerprint density at radius 3 is 2.58 bits per heavy atom. The van der Waals surface area contributed by atoms with Crippen LogP contribution in [0.15, 0.2) is 39.9 Å². The van der Waals surface area contributed by atoms with Crippen molar-refractivity contribution >= 4 is 17.5 Å². The molecule has 0 saturated heterocycles. The topological polar surface area (TPSA) is 43.1 Å². The van der Waals surface area contributed by atoms with Crippen molar-refractivity contribution in [3.8, 4) is 0 Å². The molecule has 0 saturated carbocycles. The summed E-state index contributed by atoms with van der Waals surface area (Å²) in [6, 6.07) is 4.36. The van der Waals surface area contributed by atoms with E-state index >= 15 is 0 Å². The average Bonchev–Trinajstić information content (AvgIpc) is 2.90. The van der Waals surface area contributed by atoms with Crippen LogP contribution in [-0.2, 0) is 6.18 Å². The number of nitrogens with zero attached hydrogens (tertiary/aromatic N) is 1. The number of benzene rings is 1. The summed E-state index contributed by atoms with van der Waals surface area (Å²) in [4.78, 5) is 12.3. The van der Waals surface area contributed by atoms with Crippen molar-refractivity contribution in [1.29, 1.82) is 0 Å². The third kappa shape index (κ3) is 2.81. The lowest BCUT2D eigenvalue weighted by Crippen LogP contribution is -2.08. The molecular formula is C12H8F3NO2S. The van der Waals surface area contributed by atoms with Crippen LogP contribution in [0.5, 0.6) is 0 Å². The molecule has 0 N–H and O–H groups in total. The minimum Gasteiger partial charge on any atom is -0.364 e. The number of halogens is 3. The molecular weight excluding hydrogens is 279 g/mol. The summed E-state index contributed by atoms with van der Waals surface area (Å²) in [5.74, 6) is -0.466. The summed E-state index contributed by atoms with van der Waals surface area (Å²) in [6.07, 6.45) is -1.59. The molecule has 100 valence electrons. The fourth-order valence-corrected chi connectivity index (χ4v) is 2.15. The molecule has 0 unspecified atom stereocenters. The molecule has 0 aliphatic heterocycles. The number of rotatable bonds is 3. The summed E-state index contributed by atoms with van der Waals surface area (Å²) >= 11 is 1.07. The first-order valence-corrected chi connectivity index (χ1v) is 6.36. The first-order chi connectivity index (χ1) is 8.93. The zero-order chi connectivity index (χ0) is 14.0. The van der Waals surface area contributed by atoms with Crippen molar-refractivity contribution in [3.63, 3.8) is 0 Å². The Balaban J connectivity index is 2.45. The summed E-state index contributed by atoms with van der Waals surface area (Å²) in [6.45, 7) is 0. The third-order valence-corrected chi connectivity index (χ3v) is 3.22. The number of thioether (sulfide) groups is 1.